The van der Waals surface area contributed by atoms with Gasteiger partial charge in [0.15, 0.2) is 0 Å². The molecule has 116 valence electrons. The number of nitrogens with one attached hydrogen (secondary N) is 1. The van der Waals surface area contributed by atoms with Gasteiger partial charge in [-0.05, 0) is 38.0 Å². The van der Waals surface area contributed by atoms with Gasteiger partial charge in [-0.3, -0.25) is 4.79 Å². The van der Waals surface area contributed by atoms with Crippen LogP contribution in [0, 0.1) is 5.92 Å². The molecule has 0 saturated carbocycles. The smallest absolute Gasteiger partial charge is 0.386 e. The molecule has 0 aromatic heterocycles. The van der Waals surface area contributed by atoms with Crippen molar-refractivity contribution in [2.45, 2.75) is 26.4 Å². The van der Waals surface area contributed by atoms with Gasteiger partial charge in [-0.1, -0.05) is 23.8 Å². The Hall–Kier alpha value is -1.49. The predicted molar refractivity (Wildman–Crippen MR) is 78.7 cm³/mol. The molecule has 0 aliphatic heterocycles. The molecule has 1 aromatic carbocycles. The molecule has 0 aliphatic rings. The summed E-state index contributed by atoms with van der Waals surface area (Å²) in [6.45, 7) is 6.79. The van der Waals surface area contributed by atoms with Crippen LogP contribution in [0.4, 0.5) is 18.9 Å². The number of alkyl halides is 3. The lowest BCUT2D eigenvalue weighted by Crippen LogP contribution is -2.16. The first kappa shape index (κ1) is 17.6. The highest BCUT2D eigenvalue weighted by Gasteiger charge is 2.35. The minimum Gasteiger partial charge on any atom is -0.386 e. The Morgan fingerprint density at radius 3 is 2.33 bits per heavy atom. The zero-order valence-corrected chi connectivity index (χ0v) is 12.8. The van der Waals surface area contributed by atoms with Crippen LogP contribution in [0.1, 0.15) is 25.0 Å². The number of carbonyl (C=O) groups excluding carboxylic acids is 1. The van der Waals surface area contributed by atoms with Crippen LogP contribution in [0.2, 0.25) is 5.02 Å². The number of Topliss-reactive ketones (excluding diaryl/α,β-unsaturated/α-hetero) is 1. The highest BCUT2D eigenvalue weighted by molar-refractivity contribution is 6.33. The van der Waals surface area contributed by atoms with E-state index in [1.54, 1.807) is 6.92 Å². The number of hydrogen-bond donors (Lipinski definition) is 1. The molecule has 1 atom stereocenters. The van der Waals surface area contributed by atoms with E-state index >= 15 is 0 Å². The summed E-state index contributed by atoms with van der Waals surface area (Å²) in [6.07, 6.45) is -4.37. The number of anilines is 1. The van der Waals surface area contributed by atoms with Crippen molar-refractivity contribution in [2.75, 3.05) is 12.4 Å². The third kappa shape index (κ3) is 4.24. The van der Waals surface area contributed by atoms with E-state index in [-0.39, 0.29) is 22.9 Å². The maximum Gasteiger partial charge on any atom is 0.418 e. The maximum absolute atomic E-state index is 13.1. The number of benzene rings is 1. The lowest BCUT2D eigenvalue weighted by molar-refractivity contribution is -0.137. The Labute approximate surface area is 127 Å². The van der Waals surface area contributed by atoms with Crippen LogP contribution >= 0.6 is 11.6 Å². The summed E-state index contributed by atoms with van der Waals surface area (Å²) in [7, 11) is 1.38. The molecule has 6 heteroatoms. The topological polar surface area (TPSA) is 29.1 Å². The average Bonchev–Trinajstić information content (AvgIpc) is 2.33. The van der Waals surface area contributed by atoms with Crippen molar-refractivity contribution in [3.8, 4) is 0 Å². The fourth-order valence-corrected chi connectivity index (χ4v) is 2.50. The molecule has 0 fully saturated rings. The molecule has 21 heavy (non-hydrogen) atoms. The van der Waals surface area contributed by atoms with Crippen molar-refractivity contribution in [2.24, 2.45) is 5.92 Å². The highest BCUT2D eigenvalue weighted by atomic mass is 35.5. The maximum atomic E-state index is 13.1. The number of rotatable bonds is 5. The van der Waals surface area contributed by atoms with Crippen LogP contribution in [0.15, 0.2) is 24.3 Å². The summed E-state index contributed by atoms with van der Waals surface area (Å²) in [5, 5.41) is 2.44. The Morgan fingerprint density at radius 2 is 1.95 bits per heavy atom. The van der Waals surface area contributed by atoms with E-state index in [2.05, 4.69) is 11.9 Å². The molecule has 1 N–H and O–H groups in total. The number of allylic oxidation sites excluding steroid dienone is 1. The van der Waals surface area contributed by atoms with Crippen LogP contribution in [-0.2, 0) is 17.4 Å². The summed E-state index contributed by atoms with van der Waals surface area (Å²) in [5.74, 6) is -0.646. The Kier molecular flexibility index (Phi) is 5.45. The molecule has 0 bridgehead atoms. The first-order chi connectivity index (χ1) is 9.57. The SMILES string of the molecule is C=C(C)[C@H](Cc1cc(Cl)c(NC)c(C(F)(F)F)c1)C(C)=O. The molecule has 0 aliphatic carbocycles. The van der Waals surface area contributed by atoms with Gasteiger partial charge in [0, 0.05) is 13.0 Å². The molecular formula is C15H17ClF3NO. The van der Waals surface area contributed by atoms with Gasteiger partial charge in [-0.15, -0.1) is 0 Å². The second-order valence-electron chi connectivity index (χ2n) is 4.96. The molecule has 1 aromatic rings. The zero-order valence-electron chi connectivity index (χ0n) is 12.1. The van der Waals surface area contributed by atoms with Gasteiger partial charge in [-0.25, -0.2) is 0 Å². The normalized spacial score (nSPS) is 12.9. The van der Waals surface area contributed by atoms with E-state index in [0.29, 0.717) is 11.1 Å². The zero-order chi connectivity index (χ0) is 16.4. The van der Waals surface area contributed by atoms with E-state index in [1.165, 1.54) is 20.0 Å². The van der Waals surface area contributed by atoms with E-state index < -0.39 is 17.7 Å². The van der Waals surface area contributed by atoms with Crippen molar-refractivity contribution >= 4 is 23.1 Å². The molecule has 0 heterocycles. The highest BCUT2D eigenvalue weighted by Crippen LogP contribution is 2.39. The van der Waals surface area contributed by atoms with Crippen molar-refractivity contribution in [1.29, 1.82) is 0 Å². The molecule has 0 unspecified atom stereocenters. The third-order valence-corrected chi connectivity index (χ3v) is 3.53. The molecule has 0 spiro atoms. The minimum absolute atomic E-state index is 0.0219. The molecule has 2 nitrogen and oxygen atoms in total. The molecule has 0 amide bonds. The van der Waals surface area contributed by atoms with Crippen molar-refractivity contribution in [3.05, 3.63) is 40.4 Å². The number of ketones is 1. The fourth-order valence-electron chi connectivity index (χ4n) is 2.16. The number of carbonyl (C=O) groups is 1. The Bertz CT molecular complexity index is 553. The molecule has 0 saturated heterocycles. The van der Waals surface area contributed by atoms with Crippen LogP contribution in [-0.4, -0.2) is 12.8 Å². The number of hydrogen-bond acceptors (Lipinski definition) is 2. The first-order valence-electron chi connectivity index (χ1n) is 6.31. The molecule has 0 radical (unpaired) electrons. The Balaban J connectivity index is 3.30. The number of halogens is 4. The average molecular weight is 320 g/mol. The third-order valence-electron chi connectivity index (χ3n) is 3.23. The quantitative estimate of drug-likeness (QED) is 0.795. The lowest BCUT2D eigenvalue weighted by Gasteiger charge is -2.18. The Morgan fingerprint density at radius 1 is 1.38 bits per heavy atom. The molecule has 1 rings (SSSR count). The second-order valence-corrected chi connectivity index (χ2v) is 5.37. The van der Waals surface area contributed by atoms with Gasteiger partial charge in [0.05, 0.1) is 16.3 Å². The summed E-state index contributed by atoms with van der Waals surface area (Å²) in [4.78, 5) is 11.6. The van der Waals surface area contributed by atoms with Gasteiger partial charge in [0.2, 0.25) is 0 Å². The van der Waals surface area contributed by atoms with Gasteiger partial charge >= 0.3 is 6.18 Å². The predicted octanol–water partition coefficient (Wildman–Crippen LogP) is 4.72. The van der Waals surface area contributed by atoms with Crippen molar-refractivity contribution < 1.29 is 18.0 Å². The van der Waals surface area contributed by atoms with Gasteiger partial charge in [0.1, 0.15) is 5.78 Å². The van der Waals surface area contributed by atoms with E-state index in [4.69, 9.17) is 11.6 Å². The lowest BCUT2D eigenvalue weighted by atomic mass is 9.89. The van der Waals surface area contributed by atoms with Crippen LogP contribution in [0.25, 0.3) is 0 Å². The standard InChI is InChI=1S/C15H17ClF3NO/c1-8(2)11(9(3)21)5-10-6-12(15(17,18)19)14(20-4)13(16)7-10/h6-7,11,20H,1,5H2,2-4H3/t11-/m0/s1. The molecular weight excluding hydrogens is 303 g/mol. The van der Waals surface area contributed by atoms with Crippen molar-refractivity contribution in [3.63, 3.8) is 0 Å². The van der Waals surface area contributed by atoms with Gasteiger partial charge in [0.25, 0.3) is 0 Å². The first-order valence-corrected chi connectivity index (χ1v) is 6.69. The monoisotopic (exact) mass is 319 g/mol. The van der Waals surface area contributed by atoms with Gasteiger partial charge in [-0.2, -0.15) is 13.2 Å². The second kappa shape index (κ2) is 6.52. The summed E-state index contributed by atoms with van der Waals surface area (Å²) < 4.78 is 39.2. The van der Waals surface area contributed by atoms with Crippen molar-refractivity contribution in [1.82, 2.24) is 0 Å². The summed E-state index contributed by atoms with van der Waals surface area (Å²) in [5.41, 5.74) is -0.0291. The van der Waals surface area contributed by atoms with E-state index in [9.17, 15) is 18.0 Å². The van der Waals surface area contributed by atoms with Crippen LogP contribution < -0.4 is 5.32 Å². The largest absolute Gasteiger partial charge is 0.418 e. The van der Waals surface area contributed by atoms with Crippen LogP contribution in [0.5, 0.6) is 0 Å². The van der Waals surface area contributed by atoms with E-state index in [0.717, 1.165) is 6.07 Å². The van der Waals surface area contributed by atoms with Gasteiger partial charge < -0.3 is 5.32 Å². The summed E-state index contributed by atoms with van der Waals surface area (Å²) >= 11 is 5.91. The minimum atomic E-state index is -4.52. The van der Waals surface area contributed by atoms with Crippen LogP contribution in [0.3, 0.4) is 0 Å². The van der Waals surface area contributed by atoms with E-state index in [1.807, 2.05) is 0 Å². The fraction of sp³-hybridized carbons (Fsp3) is 0.400. The summed E-state index contributed by atoms with van der Waals surface area (Å²) in [6, 6.07) is 2.47.